The number of rotatable bonds is 13. The van der Waals surface area contributed by atoms with Crippen LogP contribution in [0.25, 0.3) is 0 Å². The van der Waals surface area contributed by atoms with Crippen LogP contribution in [0.15, 0.2) is 121 Å². The van der Waals surface area contributed by atoms with Crippen LogP contribution in [0.4, 0.5) is 0 Å². The quantitative estimate of drug-likeness (QED) is 0.116. The monoisotopic (exact) mass is 704 g/mol. The van der Waals surface area contributed by atoms with Crippen LogP contribution in [0.5, 0.6) is 0 Å². The summed E-state index contributed by atoms with van der Waals surface area (Å²) in [5, 5.41) is 11.8. The van der Waals surface area contributed by atoms with Crippen LogP contribution in [0.3, 0.4) is 0 Å². The van der Waals surface area contributed by atoms with Gasteiger partial charge in [-0.25, -0.2) is 24.0 Å². The first-order valence-electron chi connectivity index (χ1n) is 14.1. The molecule has 47 heavy (non-hydrogen) atoms. The average molecular weight is 706 g/mol. The Morgan fingerprint density at radius 3 is 1.36 bits per heavy atom. The molecule has 0 radical (unpaired) electrons. The second-order valence-electron chi connectivity index (χ2n) is 9.90. The van der Waals surface area contributed by atoms with Crippen LogP contribution in [-0.2, 0) is 28.5 Å². The number of carbonyl (C=O) groups is 5. The van der Waals surface area contributed by atoms with E-state index in [1.54, 1.807) is 72.8 Å². The van der Waals surface area contributed by atoms with Crippen molar-refractivity contribution in [1.29, 1.82) is 0 Å². The van der Waals surface area contributed by atoms with Crippen molar-refractivity contribution in [3.63, 3.8) is 0 Å². The van der Waals surface area contributed by atoms with Gasteiger partial charge in [0.15, 0.2) is 16.7 Å². The number of hydrogen-bond donors (Lipinski definition) is 1. The molecule has 0 aliphatic heterocycles. The molecular formula is C35H29BrO11. The maximum Gasteiger partial charge on any atom is 0.351 e. The highest BCUT2D eigenvalue weighted by Crippen LogP contribution is 2.32. The van der Waals surface area contributed by atoms with Crippen molar-refractivity contribution in [3.8, 4) is 0 Å². The summed E-state index contributed by atoms with van der Waals surface area (Å²) >= 11 is 3.07. The molecule has 0 aliphatic rings. The third-order valence-corrected chi connectivity index (χ3v) is 7.30. The fourth-order valence-corrected chi connectivity index (χ4v) is 4.71. The summed E-state index contributed by atoms with van der Waals surface area (Å²) in [4.78, 5) is 66.1. The molecule has 242 valence electrons. The van der Waals surface area contributed by atoms with Crippen LogP contribution in [0.1, 0.15) is 41.4 Å². The summed E-state index contributed by atoms with van der Waals surface area (Å²) in [6.45, 7) is -0.895. The number of ether oxygens (including phenoxy) is 5. The second kappa shape index (κ2) is 16.3. The van der Waals surface area contributed by atoms with E-state index in [0.717, 1.165) is 7.11 Å². The minimum Gasteiger partial charge on any atom is -0.466 e. The van der Waals surface area contributed by atoms with Crippen molar-refractivity contribution < 1.29 is 52.8 Å². The van der Waals surface area contributed by atoms with E-state index in [0.29, 0.717) is 0 Å². The topological polar surface area (TPSA) is 152 Å². The first-order valence-corrected chi connectivity index (χ1v) is 14.9. The van der Waals surface area contributed by atoms with E-state index >= 15 is 0 Å². The Morgan fingerprint density at radius 1 is 0.596 bits per heavy atom. The molecule has 0 unspecified atom stereocenters. The Labute approximate surface area is 278 Å². The lowest BCUT2D eigenvalue weighted by Gasteiger charge is -2.37. The van der Waals surface area contributed by atoms with Gasteiger partial charge in [-0.3, -0.25) is 0 Å². The Morgan fingerprint density at radius 2 is 0.957 bits per heavy atom. The fraction of sp³-hybridized carbons (Fsp3) is 0.171. The predicted molar refractivity (Wildman–Crippen MR) is 170 cm³/mol. The molecule has 0 aliphatic carbocycles. The molecule has 12 heteroatoms. The van der Waals surface area contributed by atoms with Crippen molar-refractivity contribution >= 4 is 45.8 Å². The molecule has 0 aromatic heterocycles. The van der Waals surface area contributed by atoms with Crippen LogP contribution in [0.2, 0.25) is 0 Å². The van der Waals surface area contributed by atoms with Crippen molar-refractivity contribution in [3.05, 3.63) is 144 Å². The molecule has 0 spiro atoms. The average Bonchev–Trinajstić information content (AvgIpc) is 3.12. The standard InChI is InChI=1S/C35H29BrO11/c1-43-34(41)28(46-32(39)25-18-10-4-11-19-25)27(45-31(38)24-16-8-3-9-17-24)29(47-33(40)26-20-12-5-13-21-26)35(36,42)22-44-30(37)23-14-6-2-7-15-23/h2-21,27-29,42H,22H2,1H3/t27-,28-,29+,35-/m1/s1. The van der Waals surface area contributed by atoms with Gasteiger partial charge in [0.2, 0.25) is 6.10 Å². The zero-order valence-corrected chi connectivity index (χ0v) is 26.5. The normalized spacial score (nSPS) is 13.9. The lowest BCUT2D eigenvalue weighted by Crippen LogP contribution is -2.58. The number of hydrogen-bond acceptors (Lipinski definition) is 11. The first-order chi connectivity index (χ1) is 22.6. The molecule has 1 N–H and O–H groups in total. The minimum atomic E-state index is -2.55. The number of carbonyl (C=O) groups excluding carboxylic acids is 5. The molecule has 0 heterocycles. The number of benzene rings is 4. The zero-order valence-electron chi connectivity index (χ0n) is 24.9. The van der Waals surface area contributed by atoms with Gasteiger partial charge in [0.25, 0.3) is 0 Å². The molecule has 11 nitrogen and oxygen atoms in total. The SMILES string of the molecule is COC(=O)[C@H](OC(=O)c1ccccc1)[C@@H](OC(=O)c1ccccc1)[C@H](OC(=O)c1ccccc1)[C@@](O)(Br)COC(=O)c1ccccc1. The highest BCUT2D eigenvalue weighted by Gasteiger charge is 2.53. The lowest BCUT2D eigenvalue weighted by molar-refractivity contribution is -0.172. The van der Waals surface area contributed by atoms with Gasteiger partial charge < -0.3 is 28.8 Å². The molecule has 0 amide bonds. The third-order valence-electron chi connectivity index (χ3n) is 6.62. The predicted octanol–water partition coefficient (Wildman–Crippen LogP) is 4.78. The summed E-state index contributed by atoms with van der Waals surface area (Å²) in [7, 11) is 0.995. The van der Waals surface area contributed by atoms with E-state index in [-0.39, 0.29) is 22.3 Å². The highest BCUT2D eigenvalue weighted by molar-refractivity contribution is 9.10. The molecule has 4 aromatic rings. The van der Waals surface area contributed by atoms with Gasteiger partial charge in [0, 0.05) is 0 Å². The Bertz CT molecular complexity index is 1660. The second-order valence-corrected chi connectivity index (χ2v) is 11.3. The van der Waals surface area contributed by atoms with Gasteiger partial charge in [-0.15, -0.1) is 0 Å². The highest BCUT2D eigenvalue weighted by atomic mass is 79.9. The van der Waals surface area contributed by atoms with Crippen molar-refractivity contribution in [2.24, 2.45) is 0 Å². The Balaban J connectivity index is 1.78. The van der Waals surface area contributed by atoms with Gasteiger partial charge in [-0.05, 0) is 64.5 Å². The lowest BCUT2D eigenvalue weighted by atomic mass is 10.0. The van der Waals surface area contributed by atoms with E-state index in [1.165, 1.54) is 48.5 Å². The Kier molecular flexibility index (Phi) is 12.0. The number of methoxy groups -OCH3 is 1. The maximum absolute atomic E-state index is 13.4. The molecule has 4 aromatic carbocycles. The van der Waals surface area contributed by atoms with Crippen molar-refractivity contribution in [2.45, 2.75) is 22.8 Å². The zero-order chi connectivity index (χ0) is 33.8. The van der Waals surface area contributed by atoms with Crippen LogP contribution in [0, 0.1) is 0 Å². The molecule has 4 atom stereocenters. The summed E-state index contributed by atoms with van der Waals surface area (Å²) in [5.41, 5.74) is 0.201. The van der Waals surface area contributed by atoms with Crippen LogP contribution in [-0.4, -0.2) is 71.5 Å². The van der Waals surface area contributed by atoms with E-state index in [2.05, 4.69) is 15.9 Å². The first kappa shape index (κ1) is 34.5. The van der Waals surface area contributed by atoms with E-state index < -0.39 is 59.3 Å². The van der Waals surface area contributed by atoms with Gasteiger partial charge in [0.1, 0.15) is 6.61 Å². The van der Waals surface area contributed by atoms with Crippen molar-refractivity contribution in [1.82, 2.24) is 0 Å². The van der Waals surface area contributed by atoms with E-state index in [1.807, 2.05) is 0 Å². The summed E-state index contributed by atoms with van der Waals surface area (Å²) in [5.74, 6) is -5.16. The summed E-state index contributed by atoms with van der Waals surface area (Å²) in [6, 6.07) is 30.6. The third kappa shape index (κ3) is 9.35. The smallest absolute Gasteiger partial charge is 0.351 e. The van der Waals surface area contributed by atoms with Crippen molar-refractivity contribution in [2.75, 3.05) is 13.7 Å². The molecular weight excluding hydrogens is 676 g/mol. The Hall–Kier alpha value is -5.33. The molecule has 0 fully saturated rings. The van der Waals surface area contributed by atoms with Gasteiger partial charge in [-0.1, -0.05) is 72.8 Å². The number of alkyl halides is 1. The summed E-state index contributed by atoms with van der Waals surface area (Å²) < 4.78 is 24.6. The largest absolute Gasteiger partial charge is 0.466 e. The maximum atomic E-state index is 13.4. The number of halogens is 1. The van der Waals surface area contributed by atoms with E-state index in [4.69, 9.17) is 23.7 Å². The summed E-state index contributed by atoms with van der Waals surface area (Å²) in [6.07, 6.45) is -6.25. The fourth-order valence-electron chi connectivity index (χ4n) is 4.24. The molecule has 0 bridgehead atoms. The minimum absolute atomic E-state index is 0.0113. The van der Waals surface area contributed by atoms with E-state index in [9.17, 15) is 29.1 Å². The molecule has 4 rings (SSSR count). The van der Waals surface area contributed by atoms with Crippen LogP contribution < -0.4 is 0 Å². The van der Waals surface area contributed by atoms with Gasteiger partial charge >= 0.3 is 29.8 Å². The van der Waals surface area contributed by atoms with Gasteiger partial charge in [0.05, 0.1) is 29.4 Å². The molecule has 0 saturated heterocycles. The number of esters is 5. The van der Waals surface area contributed by atoms with Gasteiger partial charge in [-0.2, -0.15) is 0 Å². The van der Waals surface area contributed by atoms with Crippen LogP contribution >= 0.6 is 15.9 Å². The molecule has 0 saturated carbocycles. The number of aliphatic hydroxyl groups is 1.